The second-order valence-electron chi connectivity index (χ2n) is 5.25. The Labute approximate surface area is 134 Å². The molecule has 0 spiro atoms. The third kappa shape index (κ3) is 2.92. The zero-order valence-electron chi connectivity index (χ0n) is 11.4. The number of amides is 1. The lowest BCUT2D eigenvalue weighted by Crippen LogP contribution is -2.39. The summed E-state index contributed by atoms with van der Waals surface area (Å²) in [5.74, 6) is 0.0108. The molecule has 1 amide bonds. The van der Waals surface area contributed by atoms with Crippen LogP contribution in [0.1, 0.15) is 29.4 Å². The Balaban J connectivity index is 2.01. The van der Waals surface area contributed by atoms with E-state index in [1.54, 1.807) is 6.07 Å². The van der Waals surface area contributed by atoms with Crippen LogP contribution in [0.3, 0.4) is 0 Å². The molecule has 1 heterocycles. The van der Waals surface area contributed by atoms with Crippen molar-refractivity contribution < 1.29 is 4.79 Å². The SMILES string of the molecule is O=C1NCC[C@H](c2ccc(Cl)c(Cl)c2)[C@H]1c1ccccc1. The summed E-state index contributed by atoms with van der Waals surface area (Å²) < 4.78 is 0. The predicted molar refractivity (Wildman–Crippen MR) is 86.0 cm³/mol. The standard InChI is InChI=1S/C17H15Cl2NO/c18-14-7-6-12(10-15(14)19)13-8-9-20-17(21)16(13)11-4-2-1-3-5-11/h1-7,10,13,16H,8-9H2,(H,20,21)/t13-,16-/m1/s1. The van der Waals surface area contributed by atoms with E-state index >= 15 is 0 Å². The molecule has 1 aliphatic heterocycles. The van der Waals surface area contributed by atoms with Crippen molar-refractivity contribution in [1.82, 2.24) is 5.32 Å². The largest absolute Gasteiger partial charge is 0.356 e. The lowest BCUT2D eigenvalue weighted by atomic mass is 9.77. The van der Waals surface area contributed by atoms with E-state index in [-0.39, 0.29) is 17.7 Å². The van der Waals surface area contributed by atoms with Crippen LogP contribution in [0.2, 0.25) is 10.0 Å². The second kappa shape index (κ2) is 6.08. The summed E-state index contributed by atoms with van der Waals surface area (Å²) in [6, 6.07) is 15.5. The topological polar surface area (TPSA) is 29.1 Å². The summed E-state index contributed by atoms with van der Waals surface area (Å²) in [6.45, 7) is 0.688. The van der Waals surface area contributed by atoms with Crippen LogP contribution in [0.15, 0.2) is 48.5 Å². The number of hydrogen-bond donors (Lipinski definition) is 1. The maximum Gasteiger partial charge on any atom is 0.228 e. The molecule has 4 heteroatoms. The molecule has 0 aliphatic carbocycles. The van der Waals surface area contributed by atoms with E-state index in [1.807, 2.05) is 42.5 Å². The molecule has 1 saturated heterocycles. The Morgan fingerprint density at radius 3 is 2.43 bits per heavy atom. The molecule has 2 atom stereocenters. The maximum absolute atomic E-state index is 12.4. The number of carbonyl (C=O) groups excluding carboxylic acids is 1. The van der Waals surface area contributed by atoms with Crippen LogP contribution in [0.4, 0.5) is 0 Å². The second-order valence-corrected chi connectivity index (χ2v) is 6.06. The van der Waals surface area contributed by atoms with Gasteiger partial charge in [0, 0.05) is 12.5 Å². The van der Waals surface area contributed by atoms with Crippen LogP contribution in [-0.2, 0) is 4.79 Å². The van der Waals surface area contributed by atoms with Crippen molar-refractivity contribution in [2.45, 2.75) is 18.3 Å². The number of nitrogens with one attached hydrogen (secondary N) is 1. The van der Waals surface area contributed by atoms with Gasteiger partial charge in [0.15, 0.2) is 0 Å². The van der Waals surface area contributed by atoms with Crippen LogP contribution in [0, 0.1) is 0 Å². The molecule has 2 aromatic carbocycles. The predicted octanol–water partition coefficient (Wildman–Crippen LogP) is 4.38. The van der Waals surface area contributed by atoms with Gasteiger partial charge in [-0.3, -0.25) is 4.79 Å². The lowest BCUT2D eigenvalue weighted by Gasteiger charge is -2.32. The summed E-state index contributed by atoms with van der Waals surface area (Å²) >= 11 is 12.1. The van der Waals surface area contributed by atoms with Crippen molar-refractivity contribution in [2.24, 2.45) is 0 Å². The molecule has 0 radical (unpaired) electrons. The van der Waals surface area contributed by atoms with Gasteiger partial charge in [0.1, 0.15) is 0 Å². The summed E-state index contributed by atoms with van der Waals surface area (Å²) in [7, 11) is 0. The minimum atomic E-state index is -0.183. The van der Waals surface area contributed by atoms with E-state index < -0.39 is 0 Å². The zero-order chi connectivity index (χ0) is 14.8. The van der Waals surface area contributed by atoms with Crippen molar-refractivity contribution in [3.63, 3.8) is 0 Å². The molecule has 3 rings (SSSR count). The number of piperidine rings is 1. The molecule has 2 aromatic rings. The zero-order valence-corrected chi connectivity index (χ0v) is 12.9. The van der Waals surface area contributed by atoms with Gasteiger partial charge in [0.05, 0.1) is 16.0 Å². The highest BCUT2D eigenvalue weighted by Crippen LogP contribution is 2.39. The molecule has 0 unspecified atom stereocenters. The highest BCUT2D eigenvalue weighted by atomic mass is 35.5. The molecular weight excluding hydrogens is 305 g/mol. The van der Waals surface area contributed by atoms with E-state index in [0.717, 1.165) is 17.5 Å². The molecule has 1 fully saturated rings. The Bertz CT molecular complexity index is 657. The average molecular weight is 320 g/mol. The van der Waals surface area contributed by atoms with E-state index in [4.69, 9.17) is 23.2 Å². The number of hydrogen-bond acceptors (Lipinski definition) is 1. The van der Waals surface area contributed by atoms with Crippen LogP contribution < -0.4 is 5.32 Å². The number of benzene rings is 2. The molecule has 108 valence electrons. The van der Waals surface area contributed by atoms with Crippen molar-refractivity contribution in [3.05, 3.63) is 69.7 Å². The van der Waals surface area contributed by atoms with E-state index in [2.05, 4.69) is 5.32 Å². The number of rotatable bonds is 2. The highest BCUT2D eigenvalue weighted by Gasteiger charge is 2.34. The van der Waals surface area contributed by atoms with Gasteiger partial charge in [-0.15, -0.1) is 0 Å². The van der Waals surface area contributed by atoms with Crippen LogP contribution in [0.25, 0.3) is 0 Å². The molecule has 21 heavy (non-hydrogen) atoms. The lowest BCUT2D eigenvalue weighted by molar-refractivity contribution is -0.124. The molecule has 1 aliphatic rings. The molecule has 2 nitrogen and oxygen atoms in total. The van der Waals surface area contributed by atoms with Gasteiger partial charge in [0.2, 0.25) is 5.91 Å². The highest BCUT2D eigenvalue weighted by molar-refractivity contribution is 6.42. The van der Waals surface area contributed by atoms with Gasteiger partial charge in [-0.1, -0.05) is 59.6 Å². The van der Waals surface area contributed by atoms with Crippen molar-refractivity contribution in [1.29, 1.82) is 0 Å². The van der Waals surface area contributed by atoms with E-state index in [9.17, 15) is 4.79 Å². The molecular formula is C17H15Cl2NO. The number of halogens is 2. The van der Waals surface area contributed by atoms with Gasteiger partial charge in [-0.25, -0.2) is 0 Å². The fourth-order valence-electron chi connectivity index (χ4n) is 2.96. The van der Waals surface area contributed by atoms with Crippen molar-refractivity contribution >= 4 is 29.1 Å². The maximum atomic E-state index is 12.4. The molecule has 1 N–H and O–H groups in total. The van der Waals surface area contributed by atoms with Gasteiger partial charge < -0.3 is 5.32 Å². The minimum Gasteiger partial charge on any atom is -0.356 e. The third-order valence-electron chi connectivity index (χ3n) is 3.97. The Morgan fingerprint density at radius 1 is 0.952 bits per heavy atom. The molecule has 0 bridgehead atoms. The van der Waals surface area contributed by atoms with Crippen LogP contribution >= 0.6 is 23.2 Å². The summed E-state index contributed by atoms with van der Waals surface area (Å²) in [5.41, 5.74) is 2.10. The van der Waals surface area contributed by atoms with Crippen molar-refractivity contribution in [3.8, 4) is 0 Å². The fourth-order valence-corrected chi connectivity index (χ4v) is 3.26. The Kier molecular flexibility index (Phi) is 4.18. The summed E-state index contributed by atoms with van der Waals surface area (Å²) in [6.07, 6.45) is 0.892. The first kappa shape index (κ1) is 14.4. The van der Waals surface area contributed by atoms with Gasteiger partial charge >= 0.3 is 0 Å². The van der Waals surface area contributed by atoms with Gasteiger partial charge in [0.25, 0.3) is 0 Å². The number of carbonyl (C=O) groups is 1. The first-order valence-electron chi connectivity index (χ1n) is 6.94. The minimum absolute atomic E-state index is 0.0727. The van der Waals surface area contributed by atoms with Crippen molar-refractivity contribution in [2.75, 3.05) is 6.54 Å². The fraction of sp³-hybridized carbons (Fsp3) is 0.235. The first-order chi connectivity index (χ1) is 10.2. The van der Waals surface area contributed by atoms with Gasteiger partial charge in [-0.05, 0) is 29.7 Å². The average Bonchev–Trinajstić information content (AvgIpc) is 2.50. The summed E-state index contributed by atoms with van der Waals surface area (Å²) in [4.78, 5) is 12.4. The molecule has 0 aromatic heterocycles. The third-order valence-corrected chi connectivity index (χ3v) is 4.71. The first-order valence-corrected chi connectivity index (χ1v) is 7.70. The van der Waals surface area contributed by atoms with Crippen LogP contribution in [-0.4, -0.2) is 12.5 Å². The van der Waals surface area contributed by atoms with Crippen LogP contribution in [0.5, 0.6) is 0 Å². The Morgan fingerprint density at radius 2 is 1.71 bits per heavy atom. The monoisotopic (exact) mass is 319 g/mol. The quantitative estimate of drug-likeness (QED) is 0.874. The molecule has 0 saturated carbocycles. The Hall–Kier alpha value is -1.51. The van der Waals surface area contributed by atoms with E-state index in [1.165, 1.54) is 0 Å². The van der Waals surface area contributed by atoms with E-state index in [0.29, 0.717) is 16.6 Å². The smallest absolute Gasteiger partial charge is 0.228 e. The van der Waals surface area contributed by atoms with Gasteiger partial charge in [-0.2, -0.15) is 0 Å². The summed E-state index contributed by atoms with van der Waals surface area (Å²) in [5, 5.41) is 4.03. The normalized spacial score (nSPS) is 21.9.